The third kappa shape index (κ3) is 2.55. The van der Waals surface area contributed by atoms with Crippen LogP contribution in [0.5, 0.6) is 0 Å². The van der Waals surface area contributed by atoms with E-state index in [-0.39, 0.29) is 5.54 Å². The highest BCUT2D eigenvalue weighted by Gasteiger charge is 2.32. The molecular weight excluding hydrogens is 234 g/mol. The molecular formula is C16H23N3. The first-order valence-corrected chi connectivity index (χ1v) is 7.05. The fourth-order valence-electron chi connectivity index (χ4n) is 2.56. The molecule has 0 saturated heterocycles. The van der Waals surface area contributed by atoms with Gasteiger partial charge in [-0.3, -0.25) is 9.67 Å². The first-order valence-electron chi connectivity index (χ1n) is 7.05. The molecule has 0 amide bonds. The van der Waals surface area contributed by atoms with Gasteiger partial charge in [-0.05, 0) is 37.5 Å². The van der Waals surface area contributed by atoms with Crippen molar-refractivity contribution in [2.24, 2.45) is 5.92 Å². The summed E-state index contributed by atoms with van der Waals surface area (Å²) >= 11 is 0. The van der Waals surface area contributed by atoms with Crippen LogP contribution in [0.2, 0.25) is 0 Å². The van der Waals surface area contributed by atoms with Crippen molar-refractivity contribution in [3.05, 3.63) is 36.7 Å². The molecule has 2 heterocycles. The Hall–Kier alpha value is -1.64. The van der Waals surface area contributed by atoms with Crippen LogP contribution < -0.4 is 0 Å². The second-order valence-electron chi connectivity index (χ2n) is 5.61. The average molecular weight is 257 g/mol. The highest BCUT2D eigenvalue weighted by molar-refractivity contribution is 5.54. The third-order valence-electron chi connectivity index (χ3n) is 4.05. The van der Waals surface area contributed by atoms with E-state index in [9.17, 15) is 0 Å². The SMILES string of the molecule is CCCC(C)(C(C)C)n1nccc1-c1ccccn1. The van der Waals surface area contributed by atoms with Crippen molar-refractivity contribution in [3.8, 4) is 11.4 Å². The fraction of sp³-hybridized carbons (Fsp3) is 0.500. The monoisotopic (exact) mass is 257 g/mol. The van der Waals surface area contributed by atoms with Crippen LogP contribution in [-0.2, 0) is 5.54 Å². The van der Waals surface area contributed by atoms with E-state index >= 15 is 0 Å². The Morgan fingerprint density at radius 2 is 2.00 bits per heavy atom. The lowest BCUT2D eigenvalue weighted by atomic mass is 9.84. The number of hydrogen-bond acceptors (Lipinski definition) is 2. The summed E-state index contributed by atoms with van der Waals surface area (Å²) < 4.78 is 2.16. The van der Waals surface area contributed by atoms with Crippen molar-refractivity contribution >= 4 is 0 Å². The second kappa shape index (κ2) is 5.55. The van der Waals surface area contributed by atoms with Gasteiger partial charge in [0.05, 0.1) is 16.9 Å². The van der Waals surface area contributed by atoms with Crippen LogP contribution in [0, 0.1) is 5.92 Å². The van der Waals surface area contributed by atoms with Crippen LogP contribution in [-0.4, -0.2) is 14.8 Å². The summed E-state index contributed by atoms with van der Waals surface area (Å²) in [5, 5.41) is 4.58. The molecule has 0 aliphatic carbocycles. The molecule has 0 saturated carbocycles. The van der Waals surface area contributed by atoms with E-state index < -0.39 is 0 Å². The molecule has 1 atom stereocenters. The van der Waals surface area contributed by atoms with Gasteiger partial charge in [0.25, 0.3) is 0 Å². The quantitative estimate of drug-likeness (QED) is 0.806. The van der Waals surface area contributed by atoms with E-state index in [1.807, 2.05) is 30.6 Å². The molecule has 2 rings (SSSR count). The van der Waals surface area contributed by atoms with Crippen LogP contribution in [0.4, 0.5) is 0 Å². The first-order chi connectivity index (χ1) is 9.09. The van der Waals surface area contributed by atoms with Gasteiger partial charge in [0.2, 0.25) is 0 Å². The molecule has 0 aliphatic heterocycles. The minimum Gasteiger partial charge on any atom is -0.257 e. The van der Waals surface area contributed by atoms with E-state index in [1.54, 1.807) is 0 Å². The minimum atomic E-state index is 0.0328. The zero-order valence-electron chi connectivity index (χ0n) is 12.3. The van der Waals surface area contributed by atoms with Crippen LogP contribution in [0.15, 0.2) is 36.7 Å². The topological polar surface area (TPSA) is 30.7 Å². The van der Waals surface area contributed by atoms with Gasteiger partial charge >= 0.3 is 0 Å². The number of hydrogen-bond donors (Lipinski definition) is 0. The highest BCUT2D eigenvalue weighted by Crippen LogP contribution is 2.34. The number of rotatable bonds is 5. The smallest absolute Gasteiger partial charge is 0.0883 e. The summed E-state index contributed by atoms with van der Waals surface area (Å²) in [5.41, 5.74) is 2.12. The summed E-state index contributed by atoms with van der Waals surface area (Å²) in [6.45, 7) is 9.05. The van der Waals surface area contributed by atoms with Crippen molar-refractivity contribution in [3.63, 3.8) is 0 Å². The van der Waals surface area contributed by atoms with Gasteiger partial charge in [-0.2, -0.15) is 5.10 Å². The van der Waals surface area contributed by atoms with Gasteiger partial charge in [-0.25, -0.2) is 0 Å². The van der Waals surface area contributed by atoms with Crippen LogP contribution in [0.25, 0.3) is 11.4 Å². The van der Waals surface area contributed by atoms with Gasteiger partial charge in [0.1, 0.15) is 0 Å². The van der Waals surface area contributed by atoms with E-state index in [0.29, 0.717) is 5.92 Å². The van der Waals surface area contributed by atoms with Crippen LogP contribution >= 0.6 is 0 Å². The summed E-state index contributed by atoms with van der Waals surface area (Å²) in [4.78, 5) is 4.45. The number of pyridine rings is 1. The van der Waals surface area contributed by atoms with E-state index in [4.69, 9.17) is 0 Å². The maximum absolute atomic E-state index is 4.58. The van der Waals surface area contributed by atoms with Crippen molar-refractivity contribution in [2.75, 3.05) is 0 Å². The molecule has 2 aromatic rings. The third-order valence-corrected chi connectivity index (χ3v) is 4.05. The molecule has 0 bridgehead atoms. The summed E-state index contributed by atoms with van der Waals surface area (Å²) in [6, 6.07) is 8.06. The van der Waals surface area contributed by atoms with Gasteiger partial charge < -0.3 is 0 Å². The molecule has 1 unspecified atom stereocenters. The summed E-state index contributed by atoms with van der Waals surface area (Å²) in [5.74, 6) is 0.523. The van der Waals surface area contributed by atoms with Crippen molar-refractivity contribution in [2.45, 2.75) is 46.1 Å². The maximum Gasteiger partial charge on any atom is 0.0883 e. The Bertz CT molecular complexity index is 516. The summed E-state index contributed by atoms with van der Waals surface area (Å²) in [7, 11) is 0. The zero-order valence-corrected chi connectivity index (χ0v) is 12.3. The molecule has 0 N–H and O–H groups in total. The number of aromatic nitrogens is 3. The Morgan fingerprint density at radius 3 is 2.58 bits per heavy atom. The Kier molecular flexibility index (Phi) is 4.03. The molecule has 0 fully saturated rings. The highest BCUT2D eigenvalue weighted by atomic mass is 15.3. The molecule has 3 nitrogen and oxygen atoms in total. The van der Waals surface area contributed by atoms with Crippen molar-refractivity contribution in [1.29, 1.82) is 0 Å². The predicted octanol–water partition coefficient (Wildman–Crippen LogP) is 4.12. The number of nitrogens with zero attached hydrogens (tertiary/aromatic N) is 3. The Morgan fingerprint density at radius 1 is 1.21 bits per heavy atom. The lowest BCUT2D eigenvalue weighted by Crippen LogP contribution is -2.37. The molecule has 2 aromatic heterocycles. The lowest BCUT2D eigenvalue weighted by Gasteiger charge is -2.35. The first kappa shape index (κ1) is 13.8. The molecule has 19 heavy (non-hydrogen) atoms. The maximum atomic E-state index is 4.58. The van der Waals surface area contributed by atoms with E-state index in [1.165, 1.54) is 0 Å². The van der Waals surface area contributed by atoms with Crippen molar-refractivity contribution in [1.82, 2.24) is 14.8 Å². The molecule has 0 aromatic carbocycles. The molecule has 0 radical (unpaired) electrons. The van der Waals surface area contributed by atoms with Gasteiger partial charge in [0, 0.05) is 12.4 Å². The molecule has 102 valence electrons. The van der Waals surface area contributed by atoms with E-state index in [0.717, 1.165) is 24.2 Å². The Balaban J connectivity index is 2.49. The fourth-order valence-corrected chi connectivity index (χ4v) is 2.56. The molecule has 0 spiro atoms. The minimum absolute atomic E-state index is 0.0328. The standard InChI is InChI=1S/C16H23N3/c1-5-10-16(4,13(2)3)19-15(9-12-18-19)14-8-6-7-11-17-14/h6-9,11-13H,5,10H2,1-4H3. The largest absolute Gasteiger partial charge is 0.257 e. The molecule has 3 heteroatoms. The summed E-state index contributed by atoms with van der Waals surface area (Å²) in [6.07, 6.45) is 5.97. The van der Waals surface area contributed by atoms with Crippen LogP contribution in [0.3, 0.4) is 0 Å². The molecule has 0 aliphatic rings. The van der Waals surface area contributed by atoms with E-state index in [2.05, 4.69) is 48.5 Å². The second-order valence-corrected chi connectivity index (χ2v) is 5.61. The Labute approximate surface area is 115 Å². The average Bonchev–Trinajstić information content (AvgIpc) is 2.89. The van der Waals surface area contributed by atoms with Gasteiger partial charge in [-0.15, -0.1) is 0 Å². The van der Waals surface area contributed by atoms with Gasteiger partial charge in [0.15, 0.2) is 0 Å². The lowest BCUT2D eigenvalue weighted by molar-refractivity contribution is 0.182. The normalized spacial score (nSPS) is 14.6. The van der Waals surface area contributed by atoms with Gasteiger partial charge in [-0.1, -0.05) is 33.3 Å². The van der Waals surface area contributed by atoms with Crippen LogP contribution in [0.1, 0.15) is 40.5 Å². The predicted molar refractivity (Wildman–Crippen MR) is 78.9 cm³/mol. The van der Waals surface area contributed by atoms with Crippen molar-refractivity contribution < 1.29 is 0 Å². The zero-order chi connectivity index (χ0) is 13.9.